The largest absolute Gasteiger partial charge is 0.360 e. The Morgan fingerprint density at radius 3 is 2.69 bits per heavy atom. The monoisotopic (exact) mass is 376 g/mol. The number of hydrogen-bond donors (Lipinski definition) is 2. The fraction of sp³-hybridized carbons (Fsp3) is 0.400. The molecule has 0 spiro atoms. The van der Waals surface area contributed by atoms with Crippen LogP contribution in [-0.4, -0.2) is 41.0 Å². The molecule has 1 amide bonds. The second kappa shape index (κ2) is 7.20. The highest BCUT2D eigenvalue weighted by atomic mass is 32.2. The molecule has 1 atom stereocenters. The van der Waals surface area contributed by atoms with Crippen molar-refractivity contribution in [1.82, 2.24) is 29.8 Å². The number of nitrogen functional groups attached to an aromatic ring is 1. The lowest BCUT2D eigenvalue weighted by atomic mass is 10.3. The van der Waals surface area contributed by atoms with E-state index in [1.165, 1.54) is 16.4 Å². The van der Waals surface area contributed by atoms with Crippen LogP contribution in [-0.2, 0) is 4.79 Å². The number of nitrogens with zero attached hydrogens (tertiary/aromatic N) is 6. The predicted octanol–water partition coefficient (Wildman–Crippen LogP) is 1.60. The van der Waals surface area contributed by atoms with E-state index in [1.54, 1.807) is 17.7 Å². The van der Waals surface area contributed by atoms with Gasteiger partial charge in [-0.05, 0) is 33.3 Å². The molecule has 3 N–H and O–H groups in total. The van der Waals surface area contributed by atoms with E-state index in [-0.39, 0.29) is 5.91 Å². The normalized spacial score (nSPS) is 12.3. The summed E-state index contributed by atoms with van der Waals surface area (Å²) in [5, 5.41) is 19.1. The van der Waals surface area contributed by atoms with E-state index >= 15 is 0 Å². The van der Waals surface area contributed by atoms with E-state index in [9.17, 15) is 4.79 Å². The van der Waals surface area contributed by atoms with Crippen LogP contribution >= 0.6 is 11.8 Å². The lowest BCUT2D eigenvalue weighted by Gasteiger charge is -2.12. The molecule has 1 unspecified atom stereocenters. The van der Waals surface area contributed by atoms with Crippen molar-refractivity contribution in [1.29, 1.82) is 0 Å². The van der Waals surface area contributed by atoms with Crippen molar-refractivity contribution in [3.05, 3.63) is 29.3 Å². The molecule has 0 fully saturated rings. The van der Waals surface area contributed by atoms with Gasteiger partial charge in [0.25, 0.3) is 5.95 Å². The Balaban J connectivity index is 1.76. The summed E-state index contributed by atoms with van der Waals surface area (Å²) in [5.74, 6) is 7.31. The van der Waals surface area contributed by atoms with Crippen LogP contribution < -0.4 is 11.2 Å². The third-order valence-corrected chi connectivity index (χ3v) is 4.96. The van der Waals surface area contributed by atoms with Gasteiger partial charge in [0.1, 0.15) is 5.76 Å². The smallest absolute Gasteiger partial charge is 0.271 e. The van der Waals surface area contributed by atoms with Crippen molar-refractivity contribution in [3.8, 4) is 5.95 Å². The van der Waals surface area contributed by atoms with Gasteiger partial charge in [0.2, 0.25) is 11.1 Å². The third-order valence-electron chi connectivity index (χ3n) is 3.64. The highest BCUT2D eigenvalue weighted by molar-refractivity contribution is 8.00. The van der Waals surface area contributed by atoms with Gasteiger partial charge in [0.15, 0.2) is 5.82 Å². The molecule has 26 heavy (non-hydrogen) atoms. The number of anilines is 1. The molecule has 0 aliphatic heterocycles. The summed E-state index contributed by atoms with van der Waals surface area (Å²) in [6.07, 6.45) is 0.579. The fourth-order valence-electron chi connectivity index (χ4n) is 2.41. The molecule has 10 nitrogen and oxygen atoms in total. The van der Waals surface area contributed by atoms with E-state index in [1.807, 2.05) is 26.8 Å². The number of carbonyl (C=O) groups is 1. The molecule has 11 heteroatoms. The van der Waals surface area contributed by atoms with Gasteiger partial charge in [-0.3, -0.25) is 4.79 Å². The minimum Gasteiger partial charge on any atom is -0.360 e. The molecule has 3 aromatic heterocycles. The molecule has 0 saturated carbocycles. The van der Waals surface area contributed by atoms with Gasteiger partial charge in [0.05, 0.1) is 10.9 Å². The summed E-state index contributed by atoms with van der Waals surface area (Å²) in [6, 6.07) is 3.57. The molecule has 0 aliphatic rings. The van der Waals surface area contributed by atoms with Gasteiger partial charge >= 0.3 is 0 Å². The highest BCUT2D eigenvalue weighted by Gasteiger charge is 2.24. The molecule has 0 bridgehead atoms. The highest BCUT2D eigenvalue weighted by Crippen LogP contribution is 2.25. The summed E-state index contributed by atoms with van der Waals surface area (Å²) in [4.78, 5) is 12.5. The van der Waals surface area contributed by atoms with Crippen molar-refractivity contribution in [2.75, 3.05) is 11.2 Å². The van der Waals surface area contributed by atoms with Gasteiger partial charge in [-0.25, -0.2) is 9.36 Å². The average molecular weight is 376 g/mol. The minimum atomic E-state index is -0.410. The molecule has 0 aromatic carbocycles. The van der Waals surface area contributed by atoms with Gasteiger partial charge in [-0.15, -0.1) is 10.2 Å². The van der Waals surface area contributed by atoms with Crippen molar-refractivity contribution in [3.63, 3.8) is 0 Å². The minimum absolute atomic E-state index is 0.207. The first kappa shape index (κ1) is 18.0. The van der Waals surface area contributed by atoms with Crippen LogP contribution in [0.25, 0.3) is 5.95 Å². The Hall–Kier alpha value is -2.82. The summed E-state index contributed by atoms with van der Waals surface area (Å²) in [6.45, 7) is 7.46. The van der Waals surface area contributed by atoms with Crippen molar-refractivity contribution in [2.45, 2.75) is 44.5 Å². The predicted molar refractivity (Wildman–Crippen MR) is 96.6 cm³/mol. The molecule has 0 aliphatic carbocycles. The first-order chi connectivity index (χ1) is 12.4. The van der Waals surface area contributed by atoms with E-state index in [4.69, 9.17) is 10.4 Å². The Morgan fingerprint density at radius 2 is 2.12 bits per heavy atom. The second-order valence-electron chi connectivity index (χ2n) is 5.82. The number of rotatable bonds is 6. The quantitative estimate of drug-likeness (QED) is 0.490. The molecule has 138 valence electrons. The summed E-state index contributed by atoms with van der Waals surface area (Å²) in [5.41, 5.74) is 1.75. The number of nitrogens with one attached hydrogen (secondary N) is 1. The van der Waals surface area contributed by atoms with E-state index in [0.29, 0.717) is 29.1 Å². The Bertz CT molecular complexity index is 928. The van der Waals surface area contributed by atoms with Crippen LogP contribution in [0.1, 0.15) is 30.5 Å². The maximum atomic E-state index is 12.5. The molecule has 3 heterocycles. The zero-order valence-corrected chi connectivity index (χ0v) is 15.7. The lowest BCUT2D eigenvalue weighted by molar-refractivity contribution is -0.115. The van der Waals surface area contributed by atoms with Crippen molar-refractivity contribution < 1.29 is 9.32 Å². The van der Waals surface area contributed by atoms with Crippen molar-refractivity contribution in [2.24, 2.45) is 0 Å². The van der Waals surface area contributed by atoms with E-state index in [2.05, 4.69) is 25.8 Å². The number of hydrogen-bond acceptors (Lipinski definition) is 8. The summed E-state index contributed by atoms with van der Waals surface area (Å²) < 4.78 is 7.90. The standard InChI is InChI=1S/C15H20N8O2S/c1-5-11(13(24)17-12-7-10(4)25-21-12)26-15-19-18-14(22(15)16)23-9(3)6-8(2)20-23/h6-7,11H,5,16H2,1-4H3,(H,17,21,24). The van der Waals surface area contributed by atoms with Crippen molar-refractivity contribution >= 4 is 23.5 Å². The molecule has 3 aromatic rings. The summed E-state index contributed by atoms with van der Waals surface area (Å²) in [7, 11) is 0. The van der Waals surface area contributed by atoms with Gasteiger partial charge in [0, 0.05) is 11.8 Å². The van der Waals surface area contributed by atoms with E-state index < -0.39 is 5.25 Å². The molecule has 3 rings (SSSR count). The van der Waals surface area contributed by atoms with E-state index in [0.717, 1.165) is 11.4 Å². The zero-order valence-electron chi connectivity index (χ0n) is 14.9. The topological polar surface area (TPSA) is 130 Å². The lowest BCUT2D eigenvalue weighted by Crippen LogP contribution is -2.26. The maximum Gasteiger partial charge on any atom is 0.271 e. The number of amides is 1. The maximum absolute atomic E-state index is 12.5. The first-order valence-electron chi connectivity index (χ1n) is 8.04. The van der Waals surface area contributed by atoms with Crippen LogP contribution in [0, 0.1) is 20.8 Å². The van der Waals surface area contributed by atoms with Crippen LogP contribution in [0.15, 0.2) is 21.8 Å². The van der Waals surface area contributed by atoms with Crippen LogP contribution in [0.5, 0.6) is 0 Å². The number of aryl methyl sites for hydroxylation is 3. The third kappa shape index (κ3) is 3.57. The molecular weight excluding hydrogens is 356 g/mol. The first-order valence-corrected chi connectivity index (χ1v) is 8.92. The molecular formula is C15H20N8O2S. The van der Waals surface area contributed by atoms with Gasteiger partial charge in [-0.2, -0.15) is 5.10 Å². The van der Waals surface area contributed by atoms with Gasteiger partial charge in [-0.1, -0.05) is 23.8 Å². The number of thioether (sulfide) groups is 1. The average Bonchev–Trinajstić information content (AvgIpc) is 3.25. The SMILES string of the molecule is CCC(Sc1nnc(-n2nc(C)cc2C)n1N)C(=O)Nc1cc(C)on1. The molecule has 0 saturated heterocycles. The summed E-state index contributed by atoms with van der Waals surface area (Å²) >= 11 is 1.23. The van der Waals surface area contributed by atoms with Crippen LogP contribution in [0.2, 0.25) is 0 Å². The van der Waals surface area contributed by atoms with Crippen LogP contribution in [0.3, 0.4) is 0 Å². The Kier molecular flexibility index (Phi) is 4.98. The Labute approximate surface area is 154 Å². The van der Waals surface area contributed by atoms with Gasteiger partial charge < -0.3 is 15.7 Å². The Morgan fingerprint density at radius 1 is 1.35 bits per heavy atom. The second-order valence-corrected chi connectivity index (χ2v) is 6.99. The van der Waals surface area contributed by atoms with Crippen LogP contribution in [0.4, 0.5) is 5.82 Å². The number of carbonyl (C=O) groups excluding carboxylic acids is 1. The fourth-order valence-corrected chi connectivity index (χ4v) is 3.28. The number of aromatic nitrogens is 6. The number of nitrogens with two attached hydrogens (primary N) is 1. The molecule has 0 radical (unpaired) electrons. The zero-order chi connectivity index (χ0) is 18.8.